The normalized spacial score (nSPS) is 11.6. The first-order valence-corrected chi connectivity index (χ1v) is 9.74. The Morgan fingerprint density at radius 1 is 1.19 bits per heavy atom. The fraction of sp³-hybridized carbons (Fsp3) is 0.350. The highest BCUT2D eigenvalue weighted by atomic mass is 19.4. The van der Waals surface area contributed by atoms with E-state index < -0.39 is 24.3 Å². The van der Waals surface area contributed by atoms with E-state index in [0.717, 1.165) is 12.3 Å². The molecule has 32 heavy (non-hydrogen) atoms. The lowest BCUT2D eigenvalue weighted by atomic mass is 10.2. The summed E-state index contributed by atoms with van der Waals surface area (Å²) < 4.78 is 44.9. The van der Waals surface area contributed by atoms with E-state index in [1.807, 2.05) is 20.8 Å². The molecule has 3 aromatic rings. The molecule has 0 saturated heterocycles. The monoisotopic (exact) mass is 450 g/mol. The third-order valence-corrected chi connectivity index (χ3v) is 4.23. The van der Waals surface area contributed by atoms with E-state index >= 15 is 0 Å². The van der Waals surface area contributed by atoms with Gasteiger partial charge in [0.15, 0.2) is 5.69 Å². The Balaban J connectivity index is 1.80. The maximum atomic E-state index is 12.7. The largest absolute Gasteiger partial charge is 0.491 e. The molecule has 2 aromatic heterocycles. The van der Waals surface area contributed by atoms with E-state index in [-0.39, 0.29) is 17.6 Å². The molecule has 0 aliphatic carbocycles. The number of carbonyl (C=O) groups is 1. The van der Waals surface area contributed by atoms with Crippen LogP contribution in [0.3, 0.4) is 0 Å². The molecule has 0 aliphatic heterocycles. The van der Waals surface area contributed by atoms with Crippen molar-refractivity contribution >= 4 is 11.7 Å². The SMILES string of the molecule is CCc1c(C(=O)Nc2ccn(CC(F)(F)F)c(=O)n2)nnn1-c1ccc(OC(C)C)cc1. The van der Waals surface area contributed by atoms with E-state index in [4.69, 9.17) is 4.74 Å². The number of alkyl halides is 3. The van der Waals surface area contributed by atoms with Crippen LogP contribution in [0.5, 0.6) is 5.75 Å². The van der Waals surface area contributed by atoms with Crippen LogP contribution in [0.15, 0.2) is 41.3 Å². The van der Waals surface area contributed by atoms with Gasteiger partial charge in [-0.3, -0.25) is 9.36 Å². The number of anilines is 1. The van der Waals surface area contributed by atoms with Gasteiger partial charge in [-0.2, -0.15) is 18.2 Å². The average Bonchev–Trinajstić information content (AvgIpc) is 3.13. The van der Waals surface area contributed by atoms with Crippen molar-refractivity contribution in [2.45, 2.75) is 46.0 Å². The number of carbonyl (C=O) groups excluding carboxylic acids is 1. The third kappa shape index (κ3) is 5.50. The quantitative estimate of drug-likeness (QED) is 0.594. The Morgan fingerprint density at radius 3 is 2.44 bits per heavy atom. The summed E-state index contributed by atoms with van der Waals surface area (Å²) >= 11 is 0. The van der Waals surface area contributed by atoms with Crippen molar-refractivity contribution in [1.82, 2.24) is 24.5 Å². The van der Waals surface area contributed by atoms with E-state index in [9.17, 15) is 22.8 Å². The van der Waals surface area contributed by atoms with Crippen molar-refractivity contribution in [3.8, 4) is 11.4 Å². The molecule has 0 saturated carbocycles. The van der Waals surface area contributed by atoms with E-state index in [1.54, 1.807) is 24.3 Å². The number of hydrogen-bond acceptors (Lipinski definition) is 6. The average molecular weight is 450 g/mol. The number of ether oxygens (including phenoxy) is 1. The first-order chi connectivity index (χ1) is 15.1. The van der Waals surface area contributed by atoms with Gasteiger partial charge in [0, 0.05) is 6.20 Å². The van der Waals surface area contributed by atoms with Gasteiger partial charge in [-0.1, -0.05) is 12.1 Å². The van der Waals surface area contributed by atoms with Gasteiger partial charge in [0.2, 0.25) is 0 Å². The van der Waals surface area contributed by atoms with Crippen LogP contribution in [0.4, 0.5) is 19.0 Å². The van der Waals surface area contributed by atoms with Crippen molar-refractivity contribution in [3.63, 3.8) is 0 Å². The summed E-state index contributed by atoms with van der Waals surface area (Å²) in [7, 11) is 0. The van der Waals surface area contributed by atoms with Crippen LogP contribution in [0.2, 0.25) is 0 Å². The second-order valence-electron chi connectivity index (χ2n) is 7.10. The summed E-state index contributed by atoms with van der Waals surface area (Å²) in [6.45, 7) is 4.18. The molecule has 1 aromatic carbocycles. The number of nitrogens with one attached hydrogen (secondary N) is 1. The first kappa shape index (κ1) is 23.0. The molecule has 0 aliphatic rings. The second kappa shape index (κ2) is 9.20. The molecular weight excluding hydrogens is 429 g/mol. The van der Waals surface area contributed by atoms with Gasteiger partial charge in [0.25, 0.3) is 5.91 Å². The van der Waals surface area contributed by atoms with Crippen LogP contribution >= 0.6 is 0 Å². The Morgan fingerprint density at radius 2 is 1.88 bits per heavy atom. The van der Waals surface area contributed by atoms with Gasteiger partial charge < -0.3 is 10.1 Å². The molecule has 9 nitrogen and oxygen atoms in total. The minimum atomic E-state index is -4.57. The summed E-state index contributed by atoms with van der Waals surface area (Å²) in [4.78, 5) is 27.9. The van der Waals surface area contributed by atoms with Crippen molar-refractivity contribution in [1.29, 1.82) is 0 Å². The van der Waals surface area contributed by atoms with Gasteiger partial charge in [-0.25, -0.2) is 9.48 Å². The summed E-state index contributed by atoms with van der Waals surface area (Å²) in [6, 6.07) is 8.20. The molecule has 0 unspecified atom stereocenters. The molecule has 0 spiro atoms. The van der Waals surface area contributed by atoms with Crippen molar-refractivity contribution in [2.24, 2.45) is 0 Å². The van der Waals surface area contributed by atoms with Crippen LogP contribution in [0, 0.1) is 0 Å². The van der Waals surface area contributed by atoms with Crippen LogP contribution < -0.4 is 15.7 Å². The van der Waals surface area contributed by atoms with E-state index in [2.05, 4.69) is 20.6 Å². The maximum absolute atomic E-state index is 12.7. The molecule has 0 radical (unpaired) electrons. The molecule has 2 heterocycles. The number of aromatic nitrogens is 5. The highest BCUT2D eigenvalue weighted by Gasteiger charge is 2.28. The summed E-state index contributed by atoms with van der Waals surface area (Å²) in [6.07, 6.45) is -3.21. The molecular formula is C20H21F3N6O3. The zero-order valence-electron chi connectivity index (χ0n) is 17.6. The lowest BCUT2D eigenvalue weighted by Gasteiger charge is -2.11. The smallest absolute Gasteiger partial charge is 0.406 e. The number of halogens is 3. The number of benzene rings is 1. The van der Waals surface area contributed by atoms with Gasteiger partial charge in [-0.05, 0) is 50.6 Å². The standard InChI is InChI=1S/C20H21F3N6O3/c1-4-15-17(26-27-29(15)13-5-7-14(8-6-13)32-12(2)3)18(30)24-16-9-10-28(19(31)25-16)11-20(21,22)23/h5-10,12H,4,11H2,1-3H3,(H,24,25,30,31). The third-order valence-electron chi connectivity index (χ3n) is 4.23. The number of amides is 1. The van der Waals surface area contributed by atoms with E-state index in [0.29, 0.717) is 28.1 Å². The molecule has 3 rings (SSSR count). The molecule has 170 valence electrons. The second-order valence-corrected chi connectivity index (χ2v) is 7.10. The fourth-order valence-corrected chi connectivity index (χ4v) is 2.93. The predicted molar refractivity (Wildman–Crippen MR) is 109 cm³/mol. The zero-order valence-corrected chi connectivity index (χ0v) is 17.6. The summed E-state index contributed by atoms with van der Waals surface area (Å²) in [5.74, 6) is -0.190. The van der Waals surface area contributed by atoms with Crippen LogP contribution in [-0.2, 0) is 13.0 Å². The highest BCUT2D eigenvalue weighted by Crippen LogP contribution is 2.20. The van der Waals surface area contributed by atoms with Crippen LogP contribution in [0.25, 0.3) is 5.69 Å². The minimum absolute atomic E-state index is 0.0104. The number of nitrogens with zero attached hydrogens (tertiary/aromatic N) is 5. The van der Waals surface area contributed by atoms with Crippen LogP contribution in [-0.4, -0.2) is 42.7 Å². The molecule has 12 heteroatoms. The Bertz CT molecular complexity index is 1150. The Kier molecular flexibility index (Phi) is 6.61. The Hall–Kier alpha value is -3.70. The predicted octanol–water partition coefficient (Wildman–Crippen LogP) is 2.99. The topological polar surface area (TPSA) is 104 Å². The Labute approximate surface area is 180 Å². The number of rotatable bonds is 7. The first-order valence-electron chi connectivity index (χ1n) is 9.74. The molecule has 1 N–H and O–H groups in total. The van der Waals surface area contributed by atoms with E-state index in [1.165, 1.54) is 4.68 Å². The van der Waals surface area contributed by atoms with Crippen molar-refractivity contribution < 1.29 is 22.7 Å². The van der Waals surface area contributed by atoms with Crippen LogP contribution in [0.1, 0.15) is 37.0 Å². The lowest BCUT2D eigenvalue weighted by molar-refractivity contribution is -0.141. The van der Waals surface area contributed by atoms with Gasteiger partial charge in [-0.15, -0.1) is 5.10 Å². The molecule has 1 amide bonds. The fourth-order valence-electron chi connectivity index (χ4n) is 2.93. The maximum Gasteiger partial charge on any atom is 0.406 e. The van der Waals surface area contributed by atoms with Gasteiger partial charge in [0.1, 0.15) is 18.1 Å². The van der Waals surface area contributed by atoms with Crippen molar-refractivity contribution in [3.05, 3.63) is 58.4 Å². The molecule has 0 fully saturated rings. The van der Waals surface area contributed by atoms with Gasteiger partial charge in [0.05, 0.1) is 17.5 Å². The lowest BCUT2D eigenvalue weighted by Crippen LogP contribution is -2.30. The summed E-state index contributed by atoms with van der Waals surface area (Å²) in [5, 5.41) is 10.3. The highest BCUT2D eigenvalue weighted by molar-refractivity contribution is 6.03. The zero-order chi connectivity index (χ0) is 23.5. The minimum Gasteiger partial charge on any atom is -0.491 e. The van der Waals surface area contributed by atoms with Gasteiger partial charge >= 0.3 is 11.9 Å². The summed E-state index contributed by atoms with van der Waals surface area (Å²) in [5.41, 5.74) is 0.0438. The van der Waals surface area contributed by atoms with Crippen molar-refractivity contribution in [2.75, 3.05) is 5.32 Å². The number of hydrogen-bond donors (Lipinski definition) is 1. The molecule has 0 atom stereocenters. The molecule has 0 bridgehead atoms.